The first kappa shape index (κ1) is 23.4. The Labute approximate surface area is 208 Å². The summed E-state index contributed by atoms with van der Waals surface area (Å²) in [5.41, 5.74) is 2.51. The number of aliphatic carboxylic acids is 1. The van der Waals surface area contributed by atoms with Crippen molar-refractivity contribution >= 4 is 46.6 Å². The summed E-state index contributed by atoms with van der Waals surface area (Å²) in [5, 5.41) is 16.5. The van der Waals surface area contributed by atoms with E-state index in [-0.39, 0.29) is 23.8 Å². The van der Waals surface area contributed by atoms with Crippen molar-refractivity contribution in [2.24, 2.45) is 17.8 Å². The average Bonchev–Trinajstić information content (AvgIpc) is 3.40. The molecule has 9 nitrogen and oxygen atoms in total. The van der Waals surface area contributed by atoms with Crippen molar-refractivity contribution in [3.8, 4) is 5.75 Å². The smallest absolute Gasteiger partial charge is 0.309 e. The number of allylic oxidation sites excluding steroid dienone is 1. The van der Waals surface area contributed by atoms with Gasteiger partial charge >= 0.3 is 5.97 Å². The zero-order chi connectivity index (χ0) is 24.7. The number of carboxylic acid groups (broad SMARTS) is 1. The van der Waals surface area contributed by atoms with Crippen LogP contribution in [0.3, 0.4) is 0 Å². The third kappa shape index (κ3) is 4.18. The number of carboxylic acids is 1. The highest BCUT2D eigenvalue weighted by atomic mass is 35.5. The molecule has 3 N–H and O–H groups in total. The summed E-state index contributed by atoms with van der Waals surface area (Å²) in [7, 11) is 1.61. The van der Waals surface area contributed by atoms with E-state index in [1.54, 1.807) is 12.0 Å². The van der Waals surface area contributed by atoms with Crippen LogP contribution in [-0.2, 0) is 16.0 Å². The predicted molar refractivity (Wildman–Crippen MR) is 134 cm³/mol. The first-order chi connectivity index (χ1) is 16.9. The Kier molecular flexibility index (Phi) is 6.27. The molecule has 2 heterocycles. The minimum absolute atomic E-state index is 0.0200. The van der Waals surface area contributed by atoms with Crippen molar-refractivity contribution < 1.29 is 19.4 Å². The Balaban J connectivity index is 1.43. The molecule has 0 saturated heterocycles. The van der Waals surface area contributed by atoms with Gasteiger partial charge in [0.25, 0.3) is 0 Å². The average molecular weight is 498 g/mol. The summed E-state index contributed by atoms with van der Waals surface area (Å²) in [6.07, 6.45) is 8.33. The lowest BCUT2D eigenvalue weighted by molar-refractivity contribution is -0.142. The lowest BCUT2D eigenvalue weighted by Crippen LogP contribution is -2.38. The van der Waals surface area contributed by atoms with Gasteiger partial charge in [-0.1, -0.05) is 23.8 Å². The molecule has 1 fully saturated rings. The fourth-order valence-electron chi connectivity index (χ4n) is 5.64. The molecule has 0 radical (unpaired) electrons. The number of nitrogens with zero attached hydrogens (tertiary/aromatic N) is 3. The maximum atomic E-state index is 12.5. The molecule has 4 atom stereocenters. The number of ether oxygens (including phenoxy) is 1. The predicted octanol–water partition coefficient (Wildman–Crippen LogP) is 4.26. The van der Waals surface area contributed by atoms with Gasteiger partial charge in [0.2, 0.25) is 11.9 Å². The van der Waals surface area contributed by atoms with E-state index in [9.17, 15) is 14.7 Å². The Morgan fingerprint density at radius 1 is 1.29 bits per heavy atom. The van der Waals surface area contributed by atoms with E-state index >= 15 is 0 Å². The Hall–Kier alpha value is -3.33. The van der Waals surface area contributed by atoms with Gasteiger partial charge in [-0.3, -0.25) is 9.59 Å². The number of halogens is 1. The van der Waals surface area contributed by atoms with E-state index in [2.05, 4.69) is 26.7 Å². The molecular formula is C25H28ClN5O4. The van der Waals surface area contributed by atoms with Gasteiger partial charge in [-0.15, -0.1) is 0 Å². The van der Waals surface area contributed by atoms with Crippen LogP contribution in [0.25, 0.3) is 0 Å². The highest BCUT2D eigenvalue weighted by Gasteiger charge is 2.48. The number of amides is 1. The van der Waals surface area contributed by atoms with E-state index in [0.29, 0.717) is 41.2 Å². The third-order valence-electron chi connectivity index (χ3n) is 7.20. The van der Waals surface area contributed by atoms with E-state index < -0.39 is 11.9 Å². The van der Waals surface area contributed by atoms with E-state index in [4.69, 9.17) is 16.3 Å². The number of nitrogens with one attached hydrogen (secondary N) is 2. The van der Waals surface area contributed by atoms with Crippen LogP contribution in [0.5, 0.6) is 5.75 Å². The summed E-state index contributed by atoms with van der Waals surface area (Å²) in [4.78, 5) is 35.0. The number of anilines is 4. The van der Waals surface area contributed by atoms with Crippen LogP contribution in [0.2, 0.25) is 5.02 Å². The van der Waals surface area contributed by atoms with E-state index in [1.165, 1.54) is 6.20 Å². The Bertz CT molecular complexity index is 1200. The molecule has 1 saturated carbocycles. The van der Waals surface area contributed by atoms with Gasteiger partial charge in [0.15, 0.2) is 5.82 Å². The van der Waals surface area contributed by atoms with Crippen LogP contribution in [0.1, 0.15) is 31.7 Å². The fourth-order valence-corrected chi connectivity index (χ4v) is 5.78. The highest BCUT2D eigenvalue weighted by Crippen LogP contribution is 2.45. The second-order valence-electron chi connectivity index (χ2n) is 9.13. The first-order valence-electron chi connectivity index (χ1n) is 11.9. The number of carbonyl (C=O) groups is 2. The molecule has 1 aliphatic heterocycles. The number of benzene rings is 1. The number of fused-ring (bicyclic) bond motifs is 3. The SMILES string of the molecule is CCN1C(=O)CCCc2c1ccc(Nc1ncc(Cl)c(N[C@H]3[C@@H](C(=O)O)[C@@H]4C=C[C@H]3C4)n1)c2OC. The number of aromatic nitrogens is 2. The van der Waals surface area contributed by atoms with Gasteiger partial charge in [-0.2, -0.15) is 4.98 Å². The number of methoxy groups -OCH3 is 1. The maximum absolute atomic E-state index is 12.5. The highest BCUT2D eigenvalue weighted by molar-refractivity contribution is 6.32. The van der Waals surface area contributed by atoms with Crippen LogP contribution in [-0.4, -0.2) is 46.6 Å². The van der Waals surface area contributed by atoms with Crippen molar-refractivity contribution in [2.75, 3.05) is 29.2 Å². The Morgan fingerprint density at radius 3 is 2.83 bits per heavy atom. The molecule has 35 heavy (non-hydrogen) atoms. The van der Waals surface area contributed by atoms with Gasteiger partial charge in [0.1, 0.15) is 10.8 Å². The molecule has 5 rings (SSSR count). The molecule has 184 valence electrons. The second-order valence-corrected chi connectivity index (χ2v) is 9.54. The van der Waals surface area contributed by atoms with Gasteiger partial charge in [0.05, 0.1) is 30.6 Å². The minimum atomic E-state index is -0.822. The normalized spacial score (nSPS) is 24.8. The standard InChI is InChI=1S/C25H28ClN5O4/c1-3-31-18-10-9-17(22(35-2)15(18)5-4-6-19(31)32)28-25-27-12-16(26)23(30-25)29-21-14-8-7-13(11-14)20(21)24(33)34/h7-10,12-14,20-21H,3-6,11H2,1-2H3,(H,33,34)(H2,27,28,29,30)/t13-,14+,20+,21-/m1/s1. The van der Waals surface area contributed by atoms with Crippen LogP contribution in [0, 0.1) is 17.8 Å². The van der Waals surface area contributed by atoms with Gasteiger partial charge in [-0.05, 0) is 50.2 Å². The summed E-state index contributed by atoms with van der Waals surface area (Å²) >= 11 is 6.38. The lowest BCUT2D eigenvalue weighted by Gasteiger charge is -2.27. The summed E-state index contributed by atoms with van der Waals surface area (Å²) in [6, 6.07) is 3.48. The van der Waals surface area contributed by atoms with Crippen molar-refractivity contribution in [3.63, 3.8) is 0 Å². The number of hydrogen-bond acceptors (Lipinski definition) is 7. The molecule has 0 spiro atoms. The number of rotatable bonds is 7. The molecule has 2 aromatic rings. The van der Waals surface area contributed by atoms with Crippen molar-refractivity contribution in [1.29, 1.82) is 0 Å². The van der Waals surface area contributed by atoms with Crippen LogP contribution >= 0.6 is 11.6 Å². The monoisotopic (exact) mass is 497 g/mol. The van der Waals surface area contributed by atoms with E-state index in [1.807, 2.05) is 25.1 Å². The van der Waals surface area contributed by atoms with Crippen LogP contribution in [0.15, 0.2) is 30.5 Å². The van der Waals surface area contributed by atoms with Gasteiger partial charge in [-0.25, -0.2) is 4.98 Å². The maximum Gasteiger partial charge on any atom is 0.309 e. The molecule has 0 unspecified atom stereocenters. The van der Waals surface area contributed by atoms with Crippen LogP contribution in [0.4, 0.5) is 23.1 Å². The zero-order valence-corrected chi connectivity index (χ0v) is 20.4. The molecule has 1 aromatic heterocycles. The topological polar surface area (TPSA) is 117 Å². The van der Waals surface area contributed by atoms with Crippen molar-refractivity contribution in [3.05, 3.63) is 41.1 Å². The first-order valence-corrected chi connectivity index (χ1v) is 12.3. The molecule has 3 aliphatic rings. The van der Waals surface area contributed by atoms with Crippen LogP contribution < -0.4 is 20.3 Å². The van der Waals surface area contributed by atoms with Crippen molar-refractivity contribution in [1.82, 2.24) is 9.97 Å². The third-order valence-corrected chi connectivity index (χ3v) is 7.48. The molecular weight excluding hydrogens is 470 g/mol. The summed E-state index contributed by atoms with van der Waals surface area (Å²) in [5.74, 6) is 0.243. The molecule has 1 aromatic carbocycles. The zero-order valence-electron chi connectivity index (χ0n) is 19.6. The van der Waals surface area contributed by atoms with E-state index in [0.717, 1.165) is 30.5 Å². The summed E-state index contributed by atoms with van der Waals surface area (Å²) < 4.78 is 5.76. The molecule has 2 aliphatic carbocycles. The van der Waals surface area contributed by atoms with Gasteiger partial charge < -0.3 is 25.4 Å². The van der Waals surface area contributed by atoms with Crippen molar-refractivity contribution in [2.45, 2.75) is 38.6 Å². The lowest BCUT2D eigenvalue weighted by atomic mass is 9.89. The number of hydrogen-bond donors (Lipinski definition) is 3. The quantitative estimate of drug-likeness (QED) is 0.486. The Morgan fingerprint density at radius 2 is 2.09 bits per heavy atom. The number of carbonyl (C=O) groups excluding carboxylic acids is 1. The minimum Gasteiger partial charge on any atom is -0.494 e. The summed E-state index contributed by atoms with van der Waals surface area (Å²) in [6.45, 7) is 2.55. The molecule has 1 amide bonds. The molecule has 2 bridgehead atoms. The van der Waals surface area contributed by atoms with Gasteiger partial charge in [0, 0.05) is 24.6 Å². The molecule has 10 heteroatoms. The second kappa shape index (κ2) is 9.37. The fraction of sp³-hybridized carbons (Fsp3) is 0.440. The largest absolute Gasteiger partial charge is 0.494 e.